The fourth-order valence-electron chi connectivity index (χ4n) is 1.84. The first-order chi connectivity index (χ1) is 10.6. The molecule has 1 N–H and O–H groups in total. The van der Waals surface area contributed by atoms with Gasteiger partial charge in [-0.05, 0) is 29.6 Å². The van der Waals surface area contributed by atoms with E-state index < -0.39 is 0 Å². The minimum Gasteiger partial charge on any atom is -0.355 e. The van der Waals surface area contributed by atoms with Crippen molar-refractivity contribution in [3.05, 3.63) is 62.4 Å². The van der Waals surface area contributed by atoms with E-state index >= 15 is 0 Å². The summed E-state index contributed by atoms with van der Waals surface area (Å²) >= 11 is 13.4. The molecule has 3 rings (SSSR count). The maximum absolute atomic E-state index is 12.0. The zero-order valence-electron chi connectivity index (χ0n) is 11.2. The molecule has 1 aromatic carbocycles. The summed E-state index contributed by atoms with van der Waals surface area (Å²) in [5.74, 6) is 0.170. The fourth-order valence-corrected chi connectivity index (χ4v) is 2.78. The van der Waals surface area contributed by atoms with Crippen molar-refractivity contribution < 1.29 is 9.32 Å². The average Bonchev–Trinajstić information content (AvgIpc) is 3.18. The van der Waals surface area contributed by atoms with Crippen LogP contribution in [-0.2, 0) is 6.54 Å². The van der Waals surface area contributed by atoms with Crippen LogP contribution in [0.15, 0.2) is 46.3 Å². The van der Waals surface area contributed by atoms with Gasteiger partial charge in [0.2, 0.25) is 0 Å². The highest BCUT2D eigenvalue weighted by Crippen LogP contribution is 2.28. The van der Waals surface area contributed by atoms with Crippen LogP contribution in [0.1, 0.15) is 15.4 Å². The van der Waals surface area contributed by atoms with Gasteiger partial charge in [0.25, 0.3) is 5.91 Å². The lowest BCUT2D eigenvalue weighted by atomic mass is 10.1. The summed E-state index contributed by atoms with van der Waals surface area (Å²) < 4.78 is 5.19. The van der Waals surface area contributed by atoms with E-state index in [-0.39, 0.29) is 11.6 Å². The normalized spacial score (nSPS) is 10.6. The molecule has 0 aliphatic carbocycles. The van der Waals surface area contributed by atoms with Crippen LogP contribution in [0.2, 0.25) is 10.0 Å². The monoisotopic (exact) mass is 352 g/mol. The molecule has 1 amide bonds. The van der Waals surface area contributed by atoms with Crippen molar-refractivity contribution in [1.82, 2.24) is 10.5 Å². The fraction of sp³-hybridized carbons (Fsp3) is 0.0667. The number of halogens is 2. The summed E-state index contributed by atoms with van der Waals surface area (Å²) in [6.07, 6.45) is 0. The number of benzene rings is 1. The topological polar surface area (TPSA) is 55.1 Å². The standard InChI is InChI=1S/C15H10Cl2N2O2S/c16-11-4-3-9(6-12(11)17)14-7-13(19-21-14)15(20)18-8-10-2-1-5-22-10/h1-7H,8H2,(H,18,20). The third-order valence-corrected chi connectivity index (χ3v) is 4.57. The molecule has 0 spiro atoms. The molecule has 0 saturated carbocycles. The smallest absolute Gasteiger partial charge is 0.273 e. The number of hydrogen-bond donors (Lipinski definition) is 1. The predicted octanol–water partition coefficient (Wildman–Crippen LogP) is 4.64. The molecule has 2 aromatic heterocycles. The maximum atomic E-state index is 12.0. The van der Waals surface area contributed by atoms with Crippen LogP contribution in [-0.4, -0.2) is 11.1 Å². The molecule has 0 bridgehead atoms. The summed E-state index contributed by atoms with van der Waals surface area (Å²) in [7, 11) is 0. The minimum atomic E-state index is -0.288. The van der Waals surface area contributed by atoms with Crippen molar-refractivity contribution in [3.63, 3.8) is 0 Å². The first-order valence-corrected chi connectivity index (χ1v) is 8.00. The number of nitrogens with zero attached hydrogens (tertiary/aromatic N) is 1. The molecule has 3 aromatic rings. The Morgan fingerprint density at radius 2 is 2.09 bits per heavy atom. The first-order valence-electron chi connectivity index (χ1n) is 6.36. The summed E-state index contributed by atoms with van der Waals surface area (Å²) in [6.45, 7) is 0.464. The van der Waals surface area contributed by atoms with Crippen molar-refractivity contribution in [2.24, 2.45) is 0 Å². The Bertz CT molecular complexity index is 800. The Morgan fingerprint density at radius 3 is 2.82 bits per heavy atom. The summed E-state index contributed by atoms with van der Waals surface area (Å²) in [4.78, 5) is 13.1. The third-order valence-electron chi connectivity index (χ3n) is 2.95. The second kappa shape index (κ2) is 6.52. The lowest BCUT2D eigenvalue weighted by Gasteiger charge is -1.99. The van der Waals surface area contributed by atoms with Gasteiger partial charge in [0.05, 0.1) is 16.6 Å². The third kappa shape index (κ3) is 3.32. The van der Waals surface area contributed by atoms with Crippen LogP contribution in [0.5, 0.6) is 0 Å². The second-order valence-electron chi connectivity index (χ2n) is 4.47. The predicted molar refractivity (Wildman–Crippen MR) is 87.4 cm³/mol. The van der Waals surface area contributed by atoms with Crippen LogP contribution in [0.25, 0.3) is 11.3 Å². The van der Waals surface area contributed by atoms with E-state index in [1.54, 1.807) is 35.6 Å². The van der Waals surface area contributed by atoms with Gasteiger partial charge in [0.15, 0.2) is 11.5 Å². The number of nitrogens with one attached hydrogen (secondary N) is 1. The Hall–Kier alpha value is -1.82. The van der Waals surface area contributed by atoms with Crippen molar-refractivity contribution in [1.29, 1.82) is 0 Å². The van der Waals surface area contributed by atoms with E-state index in [2.05, 4.69) is 10.5 Å². The molecule has 2 heterocycles. The highest BCUT2D eigenvalue weighted by molar-refractivity contribution is 7.09. The van der Waals surface area contributed by atoms with Crippen molar-refractivity contribution >= 4 is 40.4 Å². The highest BCUT2D eigenvalue weighted by Gasteiger charge is 2.14. The van der Waals surface area contributed by atoms with E-state index in [0.29, 0.717) is 27.9 Å². The number of amides is 1. The molecular formula is C15H10Cl2N2O2S. The molecule has 4 nitrogen and oxygen atoms in total. The van der Waals surface area contributed by atoms with E-state index in [9.17, 15) is 4.79 Å². The van der Waals surface area contributed by atoms with Gasteiger partial charge in [-0.15, -0.1) is 11.3 Å². The highest BCUT2D eigenvalue weighted by atomic mass is 35.5. The molecule has 112 valence electrons. The molecule has 0 fully saturated rings. The van der Waals surface area contributed by atoms with E-state index in [1.165, 1.54) is 0 Å². The molecule has 0 saturated heterocycles. The second-order valence-corrected chi connectivity index (χ2v) is 6.31. The molecule has 0 atom stereocenters. The molecular weight excluding hydrogens is 343 g/mol. The number of hydrogen-bond acceptors (Lipinski definition) is 4. The van der Waals surface area contributed by atoms with Gasteiger partial charge in [-0.25, -0.2) is 0 Å². The van der Waals surface area contributed by atoms with Gasteiger partial charge in [-0.2, -0.15) is 0 Å². The summed E-state index contributed by atoms with van der Waals surface area (Å²) in [5, 5.41) is 9.40. The van der Waals surface area contributed by atoms with Crippen molar-refractivity contribution in [2.45, 2.75) is 6.54 Å². The van der Waals surface area contributed by atoms with E-state index in [1.807, 2.05) is 17.5 Å². The van der Waals surface area contributed by atoms with Crippen molar-refractivity contribution in [2.75, 3.05) is 0 Å². The molecule has 22 heavy (non-hydrogen) atoms. The SMILES string of the molecule is O=C(NCc1cccs1)c1cc(-c2ccc(Cl)c(Cl)c2)on1. The maximum Gasteiger partial charge on any atom is 0.273 e. The zero-order valence-corrected chi connectivity index (χ0v) is 13.5. The Labute approximate surface area is 140 Å². The van der Waals surface area contributed by atoms with Gasteiger partial charge in [-0.1, -0.05) is 34.4 Å². The Balaban J connectivity index is 1.72. The zero-order chi connectivity index (χ0) is 15.5. The minimum absolute atomic E-state index is 0.220. The van der Waals surface area contributed by atoms with Crippen LogP contribution < -0.4 is 5.32 Å². The van der Waals surface area contributed by atoms with Crippen LogP contribution in [0.3, 0.4) is 0 Å². The van der Waals surface area contributed by atoms with Crippen LogP contribution >= 0.6 is 34.5 Å². The first kappa shape index (κ1) is 15.1. The molecule has 0 radical (unpaired) electrons. The molecule has 0 aliphatic heterocycles. The average molecular weight is 353 g/mol. The largest absolute Gasteiger partial charge is 0.355 e. The lowest BCUT2D eigenvalue weighted by molar-refractivity contribution is 0.0942. The van der Waals surface area contributed by atoms with E-state index in [4.69, 9.17) is 27.7 Å². The quantitative estimate of drug-likeness (QED) is 0.743. The number of carbonyl (C=O) groups is 1. The lowest BCUT2D eigenvalue weighted by Crippen LogP contribution is -2.22. The Morgan fingerprint density at radius 1 is 1.23 bits per heavy atom. The summed E-state index contributed by atoms with van der Waals surface area (Å²) in [6, 6.07) is 10.5. The molecule has 7 heteroatoms. The van der Waals surface area contributed by atoms with Crippen molar-refractivity contribution in [3.8, 4) is 11.3 Å². The van der Waals surface area contributed by atoms with Gasteiger partial charge in [0.1, 0.15) is 0 Å². The molecule has 0 unspecified atom stereocenters. The van der Waals surface area contributed by atoms with Gasteiger partial charge >= 0.3 is 0 Å². The number of aromatic nitrogens is 1. The van der Waals surface area contributed by atoms with Gasteiger partial charge in [-0.3, -0.25) is 4.79 Å². The number of rotatable bonds is 4. The molecule has 0 aliphatic rings. The van der Waals surface area contributed by atoms with Gasteiger partial charge in [0, 0.05) is 16.5 Å². The van der Waals surface area contributed by atoms with E-state index in [0.717, 1.165) is 4.88 Å². The number of carbonyl (C=O) groups excluding carboxylic acids is 1. The number of thiophene rings is 1. The summed E-state index contributed by atoms with van der Waals surface area (Å²) in [5.41, 5.74) is 0.928. The Kier molecular flexibility index (Phi) is 4.47. The van der Waals surface area contributed by atoms with Gasteiger partial charge < -0.3 is 9.84 Å². The van der Waals surface area contributed by atoms with Crippen LogP contribution in [0, 0.1) is 0 Å². The van der Waals surface area contributed by atoms with Crippen LogP contribution in [0.4, 0.5) is 0 Å².